The van der Waals surface area contributed by atoms with Crippen molar-refractivity contribution in [2.24, 2.45) is 5.92 Å². The summed E-state index contributed by atoms with van der Waals surface area (Å²) >= 11 is 0. The van der Waals surface area contributed by atoms with Crippen LogP contribution in [-0.4, -0.2) is 6.61 Å². The molecular formula is C19H26O3. The first kappa shape index (κ1) is 16.6. The van der Waals surface area contributed by atoms with Gasteiger partial charge in [0.1, 0.15) is 11.3 Å². The van der Waals surface area contributed by atoms with Crippen LogP contribution in [0.5, 0.6) is 5.75 Å². The molecule has 1 aromatic heterocycles. The van der Waals surface area contributed by atoms with Gasteiger partial charge in [0.05, 0.1) is 6.61 Å². The van der Waals surface area contributed by atoms with Gasteiger partial charge in [-0.3, -0.25) is 0 Å². The molecule has 3 nitrogen and oxygen atoms in total. The number of ether oxygens (including phenoxy) is 1. The predicted molar refractivity (Wildman–Crippen MR) is 90.7 cm³/mol. The fourth-order valence-electron chi connectivity index (χ4n) is 2.51. The molecule has 1 aromatic carbocycles. The Morgan fingerprint density at radius 2 is 1.91 bits per heavy atom. The van der Waals surface area contributed by atoms with E-state index in [1.165, 1.54) is 18.9 Å². The van der Waals surface area contributed by atoms with Crippen molar-refractivity contribution in [2.45, 2.75) is 52.9 Å². The monoisotopic (exact) mass is 302 g/mol. The molecule has 0 bridgehead atoms. The van der Waals surface area contributed by atoms with Crippen molar-refractivity contribution in [1.29, 1.82) is 0 Å². The summed E-state index contributed by atoms with van der Waals surface area (Å²) in [7, 11) is 0. The quantitative estimate of drug-likeness (QED) is 0.511. The van der Waals surface area contributed by atoms with E-state index in [-0.39, 0.29) is 5.63 Å². The topological polar surface area (TPSA) is 39.4 Å². The molecule has 0 fully saturated rings. The lowest BCUT2D eigenvalue weighted by Crippen LogP contribution is -2.04. The van der Waals surface area contributed by atoms with Gasteiger partial charge in [-0.1, -0.05) is 33.6 Å². The van der Waals surface area contributed by atoms with E-state index in [9.17, 15) is 4.79 Å². The Balaban J connectivity index is 2.31. The smallest absolute Gasteiger partial charge is 0.336 e. The van der Waals surface area contributed by atoms with E-state index < -0.39 is 0 Å². The minimum absolute atomic E-state index is 0.304. The van der Waals surface area contributed by atoms with Gasteiger partial charge in [0, 0.05) is 17.0 Å². The summed E-state index contributed by atoms with van der Waals surface area (Å²) < 4.78 is 11.4. The minimum atomic E-state index is -0.304. The SMILES string of the molecule is CCCCCOc1ccc2ccc(=O)oc2c1CCC(C)C. The van der Waals surface area contributed by atoms with Gasteiger partial charge >= 0.3 is 5.63 Å². The van der Waals surface area contributed by atoms with Crippen LogP contribution in [-0.2, 0) is 6.42 Å². The lowest BCUT2D eigenvalue weighted by Gasteiger charge is -2.14. The predicted octanol–water partition coefficient (Wildman–Crippen LogP) is 4.95. The maximum absolute atomic E-state index is 11.6. The van der Waals surface area contributed by atoms with Gasteiger partial charge in [-0.15, -0.1) is 0 Å². The van der Waals surface area contributed by atoms with Crippen molar-refractivity contribution in [1.82, 2.24) is 0 Å². The molecule has 0 atom stereocenters. The Labute approximate surface area is 132 Å². The lowest BCUT2D eigenvalue weighted by molar-refractivity contribution is 0.302. The van der Waals surface area contributed by atoms with Gasteiger partial charge in [0.25, 0.3) is 0 Å². The van der Waals surface area contributed by atoms with Gasteiger partial charge in [0.2, 0.25) is 0 Å². The molecule has 0 saturated heterocycles. The molecule has 2 aromatic rings. The van der Waals surface area contributed by atoms with Gasteiger partial charge in [0.15, 0.2) is 0 Å². The van der Waals surface area contributed by atoms with E-state index in [2.05, 4.69) is 20.8 Å². The Bertz CT molecular complexity index is 655. The average molecular weight is 302 g/mol. The third kappa shape index (κ3) is 4.36. The van der Waals surface area contributed by atoms with Crippen molar-refractivity contribution in [3.63, 3.8) is 0 Å². The normalized spacial score (nSPS) is 11.3. The largest absolute Gasteiger partial charge is 0.493 e. The highest BCUT2D eigenvalue weighted by molar-refractivity contribution is 5.82. The second-order valence-electron chi connectivity index (χ2n) is 6.20. The number of aryl methyl sites for hydroxylation is 1. The first-order valence-corrected chi connectivity index (χ1v) is 8.30. The second kappa shape index (κ2) is 8.02. The molecule has 0 aliphatic rings. The van der Waals surface area contributed by atoms with Crippen LogP contribution < -0.4 is 10.4 Å². The van der Waals surface area contributed by atoms with Gasteiger partial charge in [-0.25, -0.2) is 4.79 Å². The maximum Gasteiger partial charge on any atom is 0.336 e. The summed E-state index contributed by atoms with van der Waals surface area (Å²) in [5.74, 6) is 1.46. The van der Waals surface area contributed by atoms with Crippen molar-refractivity contribution >= 4 is 11.0 Å². The van der Waals surface area contributed by atoms with E-state index in [0.29, 0.717) is 18.1 Å². The van der Waals surface area contributed by atoms with E-state index in [1.54, 1.807) is 0 Å². The maximum atomic E-state index is 11.6. The zero-order valence-electron chi connectivity index (χ0n) is 13.9. The van der Waals surface area contributed by atoms with Crippen molar-refractivity contribution < 1.29 is 9.15 Å². The fourth-order valence-corrected chi connectivity index (χ4v) is 2.51. The highest BCUT2D eigenvalue weighted by Gasteiger charge is 2.12. The highest BCUT2D eigenvalue weighted by atomic mass is 16.5. The number of hydrogen-bond acceptors (Lipinski definition) is 3. The third-order valence-electron chi connectivity index (χ3n) is 3.83. The summed E-state index contributed by atoms with van der Waals surface area (Å²) in [5.41, 5.74) is 1.41. The standard InChI is InChI=1S/C19H26O3/c1-4-5-6-13-21-17-11-8-15-9-12-18(20)22-19(15)16(17)10-7-14(2)3/h8-9,11-12,14H,4-7,10,13H2,1-3H3. The van der Waals surface area contributed by atoms with Crippen molar-refractivity contribution in [3.05, 3.63) is 40.2 Å². The van der Waals surface area contributed by atoms with E-state index >= 15 is 0 Å². The number of fused-ring (bicyclic) bond motifs is 1. The Morgan fingerprint density at radius 1 is 1.14 bits per heavy atom. The fraction of sp³-hybridized carbons (Fsp3) is 0.526. The van der Waals surface area contributed by atoms with Crippen molar-refractivity contribution in [2.75, 3.05) is 6.61 Å². The Morgan fingerprint density at radius 3 is 2.64 bits per heavy atom. The molecule has 0 radical (unpaired) electrons. The Hall–Kier alpha value is -1.77. The second-order valence-corrected chi connectivity index (χ2v) is 6.20. The highest BCUT2D eigenvalue weighted by Crippen LogP contribution is 2.29. The minimum Gasteiger partial charge on any atom is -0.493 e. The van der Waals surface area contributed by atoms with Crippen LogP contribution in [0, 0.1) is 5.92 Å². The van der Waals surface area contributed by atoms with E-state index in [4.69, 9.17) is 9.15 Å². The molecule has 0 saturated carbocycles. The van der Waals surface area contributed by atoms with Crippen LogP contribution in [0.2, 0.25) is 0 Å². The molecular weight excluding hydrogens is 276 g/mol. The first-order valence-electron chi connectivity index (χ1n) is 8.30. The van der Waals surface area contributed by atoms with E-state index in [1.807, 2.05) is 18.2 Å². The zero-order valence-corrected chi connectivity index (χ0v) is 13.9. The third-order valence-corrected chi connectivity index (χ3v) is 3.83. The summed E-state index contributed by atoms with van der Waals surface area (Å²) in [6.07, 6.45) is 5.31. The lowest BCUT2D eigenvalue weighted by atomic mass is 10.00. The van der Waals surface area contributed by atoms with Crippen LogP contribution in [0.3, 0.4) is 0 Å². The molecule has 0 aliphatic heterocycles. The van der Waals surface area contributed by atoms with Crippen LogP contribution >= 0.6 is 0 Å². The Kier molecular flexibility index (Phi) is 6.05. The van der Waals surface area contributed by atoms with Crippen molar-refractivity contribution in [3.8, 4) is 5.75 Å². The molecule has 3 heteroatoms. The summed E-state index contributed by atoms with van der Waals surface area (Å²) in [6.45, 7) is 7.29. The van der Waals surface area contributed by atoms with Crippen LogP contribution in [0.1, 0.15) is 52.0 Å². The molecule has 0 spiro atoms. The molecule has 22 heavy (non-hydrogen) atoms. The molecule has 0 aliphatic carbocycles. The molecule has 0 amide bonds. The van der Waals surface area contributed by atoms with Gasteiger partial charge in [-0.05, 0) is 43.4 Å². The number of unbranched alkanes of at least 4 members (excludes halogenated alkanes) is 2. The molecule has 120 valence electrons. The molecule has 0 N–H and O–H groups in total. The number of hydrogen-bond donors (Lipinski definition) is 0. The number of rotatable bonds is 8. The van der Waals surface area contributed by atoms with Gasteiger partial charge in [-0.2, -0.15) is 0 Å². The summed E-state index contributed by atoms with van der Waals surface area (Å²) in [6, 6.07) is 7.26. The van der Waals surface area contributed by atoms with Crippen LogP contribution in [0.4, 0.5) is 0 Å². The zero-order chi connectivity index (χ0) is 15.9. The summed E-state index contributed by atoms with van der Waals surface area (Å²) in [5, 5.41) is 0.958. The van der Waals surface area contributed by atoms with E-state index in [0.717, 1.165) is 36.0 Å². The molecule has 0 unspecified atom stereocenters. The molecule has 1 heterocycles. The van der Waals surface area contributed by atoms with Gasteiger partial charge < -0.3 is 9.15 Å². The molecule has 2 rings (SSSR count). The average Bonchev–Trinajstić information content (AvgIpc) is 2.49. The van der Waals surface area contributed by atoms with Crippen LogP contribution in [0.15, 0.2) is 33.5 Å². The number of benzene rings is 1. The first-order chi connectivity index (χ1) is 10.6. The summed E-state index contributed by atoms with van der Waals surface area (Å²) in [4.78, 5) is 11.6. The van der Waals surface area contributed by atoms with Crippen LogP contribution in [0.25, 0.3) is 11.0 Å².